The van der Waals surface area contributed by atoms with E-state index in [1.165, 1.54) is 0 Å². The molecule has 2 heterocycles. The van der Waals surface area contributed by atoms with Crippen LogP contribution in [0.5, 0.6) is 0 Å². The summed E-state index contributed by atoms with van der Waals surface area (Å²) in [5, 5.41) is 0. The molecule has 0 N–H and O–H groups in total. The van der Waals surface area contributed by atoms with Crippen LogP contribution in [0.25, 0.3) is 0 Å². The van der Waals surface area contributed by atoms with Gasteiger partial charge in [0.05, 0.1) is 49.1 Å². The fourth-order valence-corrected chi connectivity index (χ4v) is 3.81. The summed E-state index contributed by atoms with van der Waals surface area (Å²) in [7, 11) is 0. The molecule has 0 aromatic heterocycles. The summed E-state index contributed by atoms with van der Waals surface area (Å²) >= 11 is 0. The maximum atomic E-state index is 12.3. The Morgan fingerprint density at radius 2 is 1.12 bits per heavy atom. The van der Waals surface area contributed by atoms with Crippen molar-refractivity contribution < 1.29 is 28.5 Å². The number of carbonyl (C=O) groups is 2. The van der Waals surface area contributed by atoms with Crippen molar-refractivity contribution >= 4 is 11.9 Å². The van der Waals surface area contributed by atoms with Crippen molar-refractivity contribution in [2.75, 3.05) is 39.6 Å². The van der Waals surface area contributed by atoms with Gasteiger partial charge in [0.15, 0.2) is 0 Å². The highest BCUT2D eigenvalue weighted by molar-refractivity contribution is 5.75. The molecule has 0 atom stereocenters. The Hall–Kier alpha value is -1.14. The average molecular weight is 368 g/mol. The first-order chi connectivity index (χ1) is 12.5. The van der Waals surface area contributed by atoms with Crippen LogP contribution in [0, 0.1) is 22.7 Å². The predicted octanol–water partition coefficient (Wildman–Crippen LogP) is 2.73. The van der Waals surface area contributed by atoms with Crippen molar-refractivity contribution in [2.24, 2.45) is 22.7 Å². The Kier molecular flexibility index (Phi) is 6.23. The number of rotatable bonds is 8. The number of hydrogen-bond acceptors (Lipinski definition) is 6. The Morgan fingerprint density at radius 3 is 1.35 bits per heavy atom. The Bertz CT molecular complexity index is 443. The van der Waals surface area contributed by atoms with Gasteiger partial charge in [0, 0.05) is 0 Å². The molecule has 3 fully saturated rings. The number of esters is 2. The molecule has 6 nitrogen and oxygen atoms in total. The first-order valence-corrected chi connectivity index (χ1v) is 10.0. The standard InChI is InChI=1S/C20H32O6/c1-3-19(9-23-10-19)13-25-17(21)15-5-7-16(8-6-15)18(22)26-14-20(4-2)11-24-12-20/h15-16H,3-14H2,1-2H3. The van der Waals surface area contributed by atoms with Crippen molar-refractivity contribution in [3.05, 3.63) is 0 Å². The Balaban J connectivity index is 1.36. The molecule has 148 valence electrons. The molecule has 1 aliphatic carbocycles. The van der Waals surface area contributed by atoms with Crippen LogP contribution in [0.15, 0.2) is 0 Å². The minimum absolute atomic E-state index is 0.0249. The topological polar surface area (TPSA) is 71.1 Å². The maximum Gasteiger partial charge on any atom is 0.308 e. The van der Waals surface area contributed by atoms with E-state index in [0.29, 0.717) is 65.3 Å². The monoisotopic (exact) mass is 368 g/mol. The van der Waals surface area contributed by atoms with Gasteiger partial charge in [-0.1, -0.05) is 13.8 Å². The third-order valence-electron chi connectivity index (χ3n) is 6.57. The van der Waals surface area contributed by atoms with Crippen LogP contribution < -0.4 is 0 Å². The van der Waals surface area contributed by atoms with E-state index in [4.69, 9.17) is 18.9 Å². The highest BCUT2D eigenvalue weighted by Gasteiger charge is 2.41. The smallest absolute Gasteiger partial charge is 0.308 e. The van der Waals surface area contributed by atoms with Crippen molar-refractivity contribution in [3.8, 4) is 0 Å². The van der Waals surface area contributed by atoms with Gasteiger partial charge in [-0.15, -0.1) is 0 Å². The van der Waals surface area contributed by atoms with Crippen LogP contribution in [0.1, 0.15) is 52.4 Å². The molecular formula is C20H32O6. The molecule has 0 amide bonds. The molecule has 0 spiro atoms. The minimum Gasteiger partial charge on any atom is -0.465 e. The lowest BCUT2D eigenvalue weighted by molar-refractivity contribution is -0.178. The van der Waals surface area contributed by atoms with Gasteiger partial charge in [-0.05, 0) is 38.5 Å². The van der Waals surface area contributed by atoms with Gasteiger partial charge in [0.2, 0.25) is 0 Å². The van der Waals surface area contributed by atoms with Gasteiger partial charge >= 0.3 is 11.9 Å². The first-order valence-electron chi connectivity index (χ1n) is 10.0. The SMILES string of the molecule is CCC1(COC(=O)C2CCC(C(=O)OCC3(CC)COC3)CC2)COC1. The van der Waals surface area contributed by atoms with Gasteiger partial charge in [-0.25, -0.2) is 0 Å². The second-order valence-electron chi connectivity index (χ2n) is 8.46. The van der Waals surface area contributed by atoms with Gasteiger partial charge in [-0.3, -0.25) is 9.59 Å². The van der Waals surface area contributed by atoms with Gasteiger partial charge in [0.1, 0.15) is 13.2 Å². The molecule has 3 rings (SSSR count). The third kappa shape index (κ3) is 4.22. The van der Waals surface area contributed by atoms with Crippen LogP contribution in [0.4, 0.5) is 0 Å². The lowest BCUT2D eigenvalue weighted by Gasteiger charge is -2.40. The quantitative estimate of drug-likeness (QED) is 0.614. The molecule has 2 aliphatic heterocycles. The van der Waals surface area contributed by atoms with Crippen LogP contribution in [-0.2, 0) is 28.5 Å². The molecule has 0 unspecified atom stereocenters. The molecular weight excluding hydrogens is 336 g/mol. The van der Waals surface area contributed by atoms with Crippen molar-refractivity contribution in [2.45, 2.75) is 52.4 Å². The lowest BCUT2D eigenvalue weighted by atomic mass is 9.81. The van der Waals surface area contributed by atoms with Gasteiger partial charge < -0.3 is 18.9 Å². The van der Waals surface area contributed by atoms with E-state index in [1.807, 2.05) is 0 Å². The average Bonchev–Trinajstić information content (AvgIpc) is 2.60. The zero-order chi connectivity index (χ0) is 18.6. The van der Waals surface area contributed by atoms with Crippen LogP contribution in [0.3, 0.4) is 0 Å². The van der Waals surface area contributed by atoms with Gasteiger partial charge in [0.25, 0.3) is 0 Å². The van der Waals surface area contributed by atoms with Crippen LogP contribution >= 0.6 is 0 Å². The molecule has 0 bridgehead atoms. The van der Waals surface area contributed by atoms with Crippen molar-refractivity contribution in [1.29, 1.82) is 0 Å². The van der Waals surface area contributed by atoms with Crippen molar-refractivity contribution in [3.63, 3.8) is 0 Å². The summed E-state index contributed by atoms with van der Waals surface area (Å²) in [6, 6.07) is 0. The maximum absolute atomic E-state index is 12.3. The predicted molar refractivity (Wildman–Crippen MR) is 94.5 cm³/mol. The second kappa shape index (κ2) is 8.26. The molecule has 26 heavy (non-hydrogen) atoms. The highest BCUT2D eigenvalue weighted by atomic mass is 16.6. The zero-order valence-corrected chi connectivity index (χ0v) is 16.1. The fraction of sp³-hybridized carbons (Fsp3) is 0.900. The fourth-order valence-electron chi connectivity index (χ4n) is 3.81. The summed E-state index contributed by atoms with van der Waals surface area (Å²) in [6.07, 6.45) is 4.74. The molecule has 6 heteroatoms. The van der Waals surface area contributed by atoms with E-state index in [0.717, 1.165) is 12.8 Å². The Morgan fingerprint density at radius 1 is 0.769 bits per heavy atom. The van der Waals surface area contributed by atoms with E-state index in [-0.39, 0.29) is 34.6 Å². The largest absolute Gasteiger partial charge is 0.465 e. The zero-order valence-electron chi connectivity index (χ0n) is 16.1. The number of ether oxygens (including phenoxy) is 4. The van der Waals surface area contributed by atoms with Crippen LogP contribution in [0.2, 0.25) is 0 Å². The number of carbonyl (C=O) groups excluding carboxylic acids is 2. The normalized spacial score (nSPS) is 29.2. The minimum atomic E-state index is -0.118. The van der Waals surface area contributed by atoms with E-state index in [2.05, 4.69) is 13.8 Å². The molecule has 2 saturated heterocycles. The molecule has 1 saturated carbocycles. The number of hydrogen-bond donors (Lipinski definition) is 0. The first kappa shape index (κ1) is 19.6. The third-order valence-corrected chi connectivity index (χ3v) is 6.57. The molecule has 0 aromatic carbocycles. The van der Waals surface area contributed by atoms with Crippen LogP contribution in [-0.4, -0.2) is 51.6 Å². The molecule has 3 aliphatic rings. The summed E-state index contributed by atoms with van der Waals surface area (Å²) in [5.74, 6) is -0.409. The highest BCUT2D eigenvalue weighted by Crippen LogP contribution is 2.35. The summed E-state index contributed by atoms with van der Waals surface area (Å²) < 4.78 is 21.6. The molecule has 0 radical (unpaired) electrons. The lowest BCUT2D eigenvalue weighted by Crippen LogP contribution is -2.47. The van der Waals surface area contributed by atoms with E-state index >= 15 is 0 Å². The summed E-state index contributed by atoms with van der Waals surface area (Å²) in [6.45, 7) is 7.83. The van der Waals surface area contributed by atoms with E-state index in [1.54, 1.807) is 0 Å². The van der Waals surface area contributed by atoms with Crippen molar-refractivity contribution in [1.82, 2.24) is 0 Å². The summed E-state index contributed by atoms with van der Waals surface area (Å²) in [4.78, 5) is 24.7. The summed E-state index contributed by atoms with van der Waals surface area (Å²) in [5.41, 5.74) is 0.0499. The molecule has 0 aromatic rings. The van der Waals surface area contributed by atoms with E-state index in [9.17, 15) is 9.59 Å². The van der Waals surface area contributed by atoms with E-state index < -0.39 is 0 Å². The second-order valence-corrected chi connectivity index (χ2v) is 8.46. The Labute approximate surface area is 155 Å². The van der Waals surface area contributed by atoms with Gasteiger partial charge in [-0.2, -0.15) is 0 Å².